The first kappa shape index (κ1) is 12.0. The van der Waals surface area contributed by atoms with Crippen LogP contribution in [0.15, 0.2) is 18.2 Å². The summed E-state index contributed by atoms with van der Waals surface area (Å²) >= 11 is 0. The van der Waals surface area contributed by atoms with Gasteiger partial charge in [-0.2, -0.15) is 0 Å². The maximum atomic E-state index is 10.8. The van der Waals surface area contributed by atoms with Crippen molar-refractivity contribution in [1.82, 2.24) is 0 Å². The van der Waals surface area contributed by atoms with Crippen LogP contribution in [0.1, 0.15) is 25.0 Å². The largest absolute Gasteiger partial charge is 0.481 e. The second-order valence-corrected chi connectivity index (χ2v) is 4.74. The lowest BCUT2D eigenvalue weighted by atomic mass is 9.99. The summed E-state index contributed by atoms with van der Waals surface area (Å²) in [5.41, 5.74) is 3.81. The first-order valence-corrected chi connectivity index (χ1v) is 6.21. The van der Waals surface area contributed by atoms with E-state index in [0.29, 0.717) is 6.42 Å². The van der Waals surface area contributed by atoms with Crippen molar-refractivity contribution in [3.05, 3.63) is 29.3 Å². The molecule has 0 saturated heterocycles. The number of anilines is 1. The van der Waals surface area contributed by atoms with E-state index in [1.54, 1.807) is 6.92 Å². The van der Waals surface area contributed by atoms with Crippen LogP contribution in [0, 0.1) is 5.92 Å². The lowest BCUT2D eigenvalue weighted by Crippen LogP contribution is -2.19. The van der Waals surface area contributed by atoms with Gasteiger partial charge in [0.15, 0.2) is 0 Å². The molecule has 92 valence electrons. The molecule has 1 heterocycles. The first-order valence-electron chi connectivity index (χ1n) is 6.21. The van der Waals surface area contributed by atoms with Crippen molar-refractivity contribution >= 4 is 11.7 Å². The van der Waals surface area contributed by atoms with Gasteiger partial charge < -0.3 is 10.0 Å². The average molecular weight is 233 g/mol. The fourth-order valence-electron chi connectivity index (χ4n) is 2.39. The Kier molecular flexibility index (Phi) is 3.36. The van der Waals surface area contributed by atoms with Crippen molar-refractivity contribution < 1.29 is 9.90 Å². The van der Waals surface area contributed by atoms with Crippen LogP contribution in [-0.2, 0) is 17.6 Å². The molecule has 0 aliphatic carbocycles. The monoisotopic (exact) mass is 233 g/mol. The molecule has 0 aromatic heterocycles. The van der Waals surface area contributed by atoms with Crippen LogP contribution in [0.2, 0.25) is 0 Å². The van der Waals surface area contributed by atoms with Crippen LogP contribution >= 0.6 is 0 Å². The highest BCUT2D eigenvalue weighted by molar-refractivity contribution is 5.70. The molecule has 0 radical (unpaired) electrons. The number of benzene rings is 1. The summed E-state index contributed by atoms with van der Waals surface area (Å²) < 4.78 is 0. The Hall–Kier alpha value is -1.51. The van der Waals surface area contributed by atoms with Gasteiger partial charge in [-0.25, -0.2) is 0 Å². The fraction of sp³-hybridized carbons (Fsp3) is 0.500. The maximum absolute atomic E-state index is 10.8. The molecule has 0 amide bonds. The number of fused-ring (bicyclic) bond motifs is 1. The highest BCUT2D eigenvalue weighted by Gasteiger charge is 2.19. The van der Waals surface area contributed by atoms with Gasteiger partial charge in [0.25, 0.3) is 0 Å². The third-order valence-electron chi connectivity index (χ3n) is 3.49. The van der Waals surface area contributed by atoms with E-state index in [9.17, 15) is 4.79 Å². The van der Waals surface area contributed by atoms with Crippen LogP contribution in [0.3, 0.4) is 0 Å². The first-order chi connectivity index (χ1) is 8.11. The molecule has 3 nitrogen and oxygen atoms in total. The van der Waals surface area contributed by atoms with Crippen molar-refractivity contribution in [1.29, 1.82) is 0 Å². The predicted molar refractivity (Wildman–Crippen MR) is 68.5 cm³/mol. The quantitative estimate of drug-likeness (QED) is 0.867. The Balaban J connectivity index is 2.19. The third-order valence-corrected chi connectivity index (χ3v) is 3.49. The van der Waals surface area contributed by atoms with Crippen LogP contribution in [0.25, 0.3) is 0 Å². The predicted octanol–water partition coefficient (Wildman–Crippen LogP) is 2.33. The van der Waals surface area contributed by atoms with Crippen molar-refractivity contribution in [2.75, 3.05) is 18.0 Å². The zero-order chi connectivity index (χ0) is 12.4. The number of aliphatic carboxylic acids is 1. The van der Waals surface area contributed by atoms with Crippen LogP contribution in [-0.4, -0.2) is 24.2 Å². The molecule has 1 aliphatic rings. The van der Waals surface area contributed by atoms with Crippen LogP contribution in [0.4, 0.5) is 5.69 Å². The Bertz CT molecular complexity index is 428. The minimum absolute atomic E-state index is 0.315. The Morgan fingerprint density at radius 1 is 1.53 bits per heavy atom. The van der Waals surface area contributed by atoms with Gasteiger partial charge in [-0.05, 0) is 37.0 Å². The summed E-state index contributed by atoms with van der Waals surface area (Å²) in [6.07, 6.45) is 1.72. The zero-order valence-electron chi connectivity index (χ0n) is 10.4. The standard InChI is InChI=1S/C14H19NO2/c1-3-15-7-6-12-5-4-11(9-13(12)15)8-10(2)14(16)17/h4-5,9-10H,3,6-8H2,1-2H3,(H,16,17). The third kappa shape index (κ3) is 2.43. The molecule has 1 N–H and O–H groups in total. The van der Waals surface area contributed by atoms with E-state index >= 15 is 0 Å². The van der Waals surface area contributed by atoms with E-state index in [0.717, 1.165) is 25.1 Å². The van der Waals surface area contributed by atoms with Crippen LogP contribution in [0.5, 0.6) is 0 Å². The van der Waals surface area contributed by atoms with Gasteiger partial charge in [0.1, 0.15) is 0 Å². The average Bonchev–Trinajstić information content (AvgIpc) is 2.71. The summed E-state index contributed by atoms with van der Waals surface area (Å²) in [5, 5.41) is 8.92. The summed E-state index contributed by atoms with van der Waals surface area (Å²) in [6.45, 7) is 6.02. The van der Waals surface area contributed by atoms with Gasteiger partial charge in [0.05, 0.1) is 5.92 Å². The number of carboxylic acids is 1. The van der Waals surface area contributed by atoms with E-state index in [1.807, 2.05) is 0 Å². The topological polar surface area (TPSA) is 40.5 Å². The minimum atomic E-state index is -0.724. The van der Waals surface area contributed by atoms with Crippen LogP contribution < -0.4 is 4.90 Å². The van der Waals surface area contributed by atoms with E-state index in [-0.39, 0.29) is 5.92 Å². The summed E-state index contributed by atoms with van der Waals surface area (Å²) in [4.78, 5) is 13.2. The van der Waals surface area contributed by atoms with Gasteiger partial charge in [0.2, 0.25) is 0 Å². The van der Waals surface area contributed by atoms with Gasteiger partial charge in [-0.3, -0.25) is 4.79 Å². The number of hydrogen-bond acceptors (Lipinski definition) is 2. The van der Waals surface area contributed by atoms with Gasteiger partial charge in [-0.1, -0.05) is 19.1 Å². The smallest absolute Gasteiger partial charge is 0.306 e. The summed E-state index contributed by atoms with van der Waals surface area (Å²) in [7, 11) is 0. The molecule has 1 aromatic rings. The van der Waals surface area contributed by atoms with Crippen molar-refractivity contribution in [3.63, 3.8) is 0 Å². The SMILES string of the molecule is CCN1CCc2ccc(CC(C)C(=O)O)cc21. The second kappa shape index (κ2) is 4.78. The molecule has 1 aliphatic heterocycles. The highest BCUT2D eigenvalue weighted by atomic mass is 16.4. The molecule has 0 fully saturated rings. The van der Waals surface area contributed by atoms with E-state index in [4.69, 9.17) is 5.11 Å². The zero-order valence-corrected chi connectivity index (χ0v) is 10.4. The normalized spacial score (nSPS) is 15.8. The molecule has 1 atom stereocenters. The molecule has 1 unspecified atom stereocenters. The number of carbonyl (C=O) groups is 1. The number of hydrogen-bond donors (Lipinski definition) is 1. The summed E-state index contributed by atoms with van der Waals surface area (Å²) in [5.74, 6) is -1.04. The van der Waals surface area contributed by atoms with E-state index in [1.165, 1.54) is 11.3 Å². The number of likely N-dealkylation sites (N-methyl/N-ethyl adjacent to an activating group) is 1. The van der Waals surface area contributed by atoms with Gasteiger partial charge in [-0.15, -0.1) is 0 Å². The molecule has 0 saturated carbocycles. The maximum Gasteiger partial charge on any atom is 0.306 e. The molecule has 2 rings (SSSR count). The Labute approximate surface area is 102 Å². The number of rotatable bonds is 4. The lowest BCUT2D eigenvalue weighted by Gasteiger charge is -2.17. The molecular weight excluding hydrogens is 214 g/mol. The Morgan fingerprint density at radius 2 is 2.29 bits per heavy atom. The molecular formula is C14H19NO2. The van der Waals surface area contributed by atoms with E-state index < -0.39 is 5.97 Å². The number of nitrogens with zero attached hydrogens (tertiary/aromatic N) is 1. The minimum Gasteiger partial charge on any atom is -0.481 e. The van der Waals surface area contributed by atoms with Crippen molar-refractivity contribution in [2.24, 2.45) is 5.92 Å². The number of carboxylic acid groups (broad SMARTS) is 1. The lowest BCUT2D eigenvalue weighted by molar-refractivity contribution is -0.141. The second-order valence-electron chi connectivity index (χ2n) is 4.74. The van der Waals surface area contributed by atoms with E-state index in [2.05, 4.69) is 30.0 Å². The van der Waals surface area contributed by atoms with Crippen molar-refractivity contribution in [3.8, 4) is 0 Å². The summed E-state index contributed by atoms with van der Waals surface area (Å²) in [6, 6.07) is 6.37. The van der Waals surface area contributed by atoms with Gasteiger partial charge >= 0.3 is 5.97 Å². The Morgan fingerprint density at radius 3 is 2.94 bits per heavy atom. The van der Waals surface area contributed by atoms with Crippen molar-refractivity contribution in [2.45, 2.75) is 26.7 Å². The highest BCUT2D eigenvalue weighted by Crippen LogP contribution is 2.29. The fourth-order valence-corrected chi connectivity index (χ4v) is 2.39. The van der Waals surface area contributed by atoms with Gasteiger partial charge in [0, 0.05) is 18.8 Å². The molecule has 3 heteroatoms. The molecule has 17 heavy (non-hydrogen) atoms. The molecule has 0 spiro atoms. The molecule has 1 aromatic carbocycles. The molecule has 0 bridgehead atoms.